The molecule has 0 aliphatic heterocycles. The van der Waals surface area contributed by atoms with Gasteiger partial charge in [0.1, 0.15) is 11.6 Å². The summed E-state index contributed by atoms with van der Waals surface area (Å²) in [6.45, 7) is 4.73. The van der Waals surface area contributed by atoms with Crippen molar-refractivity contribution in [2.75, 3.05) is 24.3 Å². The minimum absolute atomic E-state index is 0.619. The molecule has 2 rings (SSSR count). The molecule has 1 heterocycles. The molecule has 2 N–H and O–H groups in total. The van der Waals surface area contributed by atoms with Gasteiger partial charge in [-0.2, -0.15) is 4.98 Å². The molecule has 0 fully saturated rings. The van der Waals surface area contributed by atoms with E-state index in [1.54, 1.807) is 7.11 Å². The maximum Gasteiger partial charge on any atom is 0.224 e. The number of nitrogens with one attached hydrogen (secondary N) is 2. The van der Waals surface area contributed by atoms with E-state index < -0.39 is 0 Å². The van der Waals surface area contributed by atoms with E-state index >= 15 is 0 Å². The molecule has 0 radical (unpaired) electrons. The van der Waals surface area contributed by atoms with Gasteiger partial charge in [0, 0.05) is 28.8 Å². The molecule has 2 aromatic rings. The van der Waals surface area contributed by atoms with Crippen LogP contribution in [0.15, 0.2) is 28.7 Å². The van der Waals surface area contributed by atoms with Gasteiger partial charge < -0.3 is 15.4 Å². The van der Waals surface area contributed by atoms with Gasteiger partial charge in [0.15, 0.2) is 0 Å². The standard InChI is InChI=1S/C14H17BrN4O/c1-4-16-14-17-9(2)7-13(19-14)18-12-8-10(20-3)5-6-11(12)15/h5-8H,4H2,1-3H3,(H2,16,17,18,19). The number of methoxy groups -OCH3 is 1. The van der Waals surface area contributed by atoms with Gasteiger partial charge in [-0.15, -0.1) is 0 Å². The van der Waals surface area contributed by atoms with Crippen molar-refractivity contribution in [3.63, 3.8) is 0 Å². The van der Waals surface area contributed by atoms with Crippen molar-refractivity contribution >= 4 is 33.4 Å². The lowest BCUT2D eigenvalue weighted by Crippen LogP contribution is -2.05. The normalized spacial score (nSPS) is 10.2. The minimum Gasteiger partial charge on any atom is -0.497 e. The predicted molar refractivity (Wildman–Crippen MR) is 84.9 cm³/mol. The van der Waals surface area contributed by atoms with Crippen LogP contribution in [0.5, 0.6) is 5.75 Å². The summed E-state index contributed by atoms with van der Waals surface area (Å²) in [5, 5.41) is 6.38. The molecule has 20 heavy (non-hydrogen) atoms. The Balaban J connectivity index is 2.29. The van der Waals surface area contributed by atoms with Crippen LogP contribution in [-0.4, -0.2) is 23.6 Å². The van der Waals surface area contributed by atoms with E-state index in [0.29, 0.717) is 5.95 Å². The number of halogens is 1. The van der Waals surface area contributed by atoms with Gasteiger partial charge in [-0.1, -0.05) is 0 Å². The number of nitrogens with zero attached hydrogens (tertiary/aromatic N) is 2. The molecule has 0 atom stereocenters. The molecule has 0 saturated heterocycles. The van der Waals surface area contributed by atoms with E-state index in [-0.39, 0.29) is 0 Å². The van der Waals surface area contributed by atoms with Crippen molar-refractivity contribution in [3.05, 3.63) is 34.4 Å². The molecule has 1 aromatic heterocycles. The molecular weight excluding hydrogens is 320 g/mol. The van der Waals surface area contributed by atoms with Crippen molar-refractivity contribution in [2.45, 2.75) is 13.8 Å². The summed E-state index contributed by atoms with van der Waals surface area (Å²) >= 11 is 3.51. The third-order valence-corrected chi connectivity index (χ3v) is 3.32. The highest BCUT2D eigenvalue weighted by Gasteiger charge is 2.06. The Hall–Kier alpha value is -1.82. The number of rotatable bonds is 5. The lowest BCUT2D eigenvalue weighted by Gasteiger charge is -2.11. The minimum atomic E-state index is 0.619. The zero-order chi connectivity index (χ0) is 14.5. The molecule has 0 spiro atoms. The summed E-state index contributed by atoms with van der Waals surface area (Å²) < 4.78 is 6.17. The average Bonchev–Trinajstić information content (AvgIpc) is 2.41. The maximum atomic E-state index is 5.23. The topological polar surface area (TPSA) is 59.1 Å². The Bertz CT molecular complexity index is 604. The van der Waals surface area contributed by atoms with Crippen molar-refractivity contribution in [1.29, 1.82) is 0 Å². The van der Waals surface area contributed by atoms with Crippen molar-refractivity contribution in [2.24, 2.45) is 0 Å². The van der Waals surface area contributed by atoms with E-state index in [1.165, 1.54) is 0 Å². The van der Waals surface area contributed by atoms with E-state index in [0.717, 1.165) is 34.0 Å². The fourth-order valence-corrected chi connectivity index (χ4v) is 2.08. The van der Waals surface area contributed by atoms with Crippen molar-refractivity contribution in [1.82, 2.24) is 9.97 Å². The Labute approximate surface area is 126 Å². The molecule has 0 unspecified atom stereocenters. The van der Waals surface area contributed by atoms with Crippen molar-refractivity contribution in [3.8, 4) is 5.75 Å². The van der Waals surface area contributed by atoms with E-state index in [2.05, 4.69) is 36.5 Å². The molecule has 5 nitrogen and oxygen atoms in total. The summed E-state index contributed by atoms with van der Waals surface area (Å²) in [4.78, 5) is 8.74. The van der Waals surface area contributed by atoms with Crippen LogP contribution in [0.1, 0.15) is 12.6 Å². The lowest BCUT2D eigenvalue weighted by molar-refractivity contribution is 0.415. The van der Waals surface area contributed by atoms with Gasteiger partial charge in [-0.05, 0) is 41.9 Å². The molecule has 106 valence electrons. The Morgan fingerprint density at radius 1 is 1.25 bits per heavy atom. The second kappa shape index (κ2) is 6.56. The third kappa shape index (κ3) is 3.60. The van der Waals surface area contributed by atoms with E-state index in [1.807, 2.05) is 38.1 Å². The van der Waals surface area contributed by atoms with E-state index in [9.17, 15) is 0 Å². The quantitative estimate of drug-likeness (QED) is 0.871. The number of ether oxygens (including phenoxy) is 1. The second-order valence-corrected chi connectivity index (χ2v) is 5.07. The number of aryl methyl sites for hydroxylation is 1. The number of hydrogen-bond donors (Lipinski definition) is 2. The zero-order valence-electron chi connectivity index (χ0n) is 11.7. The first-order valence-electron chi connectivity index (χ1n) is 6.32. The first kappa shape index (κ1) is 14.6. The second-order valence-electron chi connectivity index (χ2n) is 4.22. The van der Waals surface area contributed by atoms with Gasteiger partial charge in [-0.25, -0.2) is 4.98 Å². The fraction of sp³-hybridized carbons (Fsp3) is 0.286. The van der Waals surface area contributed by atoms with Crippen molar-refractivity contribution < 1.29 is 4.74 Å². The Morgan fingerprint density at radius 3 is 2.75 bits per heavy atom. The lowest BCUT2D eigenvalue weighted by atomic mass is 10.3. The van der Waals surface area contributed by atoms with Crippen LogP contribution < -0.4 is 15.4 Å². The smallest absolute Gasteiger partial charge is 0.224 e. The molecular formula is C14H17BrN4O. The zero-order valence-corrected chi connectivity index (χ0v) is 13.3. The molecule has 6 heteroatoms. The summed E-state index contributed by atoms with van der Waals surface area (Å²) in [5.74, 6) is 2.14. The summed E-state index contributed by atoms with van der Waals surface area (Å²) in [7, 11) is 1.64. The number of hydrogen-bond acceptors (Lipinski definition) is 5. The first-order chi connectivity index (χ1) is 9.62. The Kier molecular flexibility index (Phi) is 4.79. The number of aromatic nitrogens is 2. The highest BCUT2D eigenvalue weighted by Crippen LogP contribution is 2.29. The molecule has 0 amide bonds. The summed E-state index contributed by atoms with van der Waals surface area (Å²) in [5.41, 5.74) is 1.79. The van der Waals surface area contributed by atoms with Crippen LogP contribution in [0.25, 0.3) is 0 Å². The molecule has 0 saturated carbocycles. The molecule has 1 aromatic carbocycles. The third-order valence-electron chi connectivity index (χ3n) is 2.63. The average molecular weight is 337 g/mol. The highest BCUT2D eigenvalue weighted by atomic mass is 79.9. The highest BCUT2D eigenvalue weighted by molar-refractivity contribution is 9.10. The van der Waals surface area contributed by atoms with Crippen LogP contribution in [-0.2, 0) is 0 Å². The number of anilines is 3. The van der Waals surface area contributed by atoms with Crippen LogP contribution in [0.2, 0.25) is 0 Å². The molecule has 0 aliphatic carbocycles. The van der Waals surface area contributed by atoms with E-state index in [4.69, 9.17) is 4.74 Å². The Morgan fingerprint density at radius 2 is 2.05 bits per heavy atom. The van der Waals surface area contributed by atoms with Gasteiger partial charge in [0.2, 0.25) is 5.95 Å². The molecule has 0 bridgehead atoms. The van der Waals surface area contributed by atoms with Gasteiger partial charge in [-0.3, -0.25) is 0 Å². The van der Waals surface area contributed by atoms with Crippen LogP contribution in [0.4, 0.5) is 17.5 Å². The van der Waals surface area contributed by atoms with Crippen LogP contribution in [0.3, 0.4) is 0 Å². The summed E-state index contributed by atoms with van der Waals surface area (Å²) in [6.07, 6.45) is 0. The van der Waals surface area contributed by atoms with Gasteiger partial charge in [0.05, 0.1) is 12.8 Å². The molecule has 0 aliphatic rings. The first-order valence-corrected chi connectivity index (χ1v) is 7.11. The van der Waals surface area contributed by atoms with Gasteiger partial charge >= 0.3 is 0 Å². The predicted octanol–water partition coefficient (Wildman–Crippen LogP) is 3.73. The largest absolute Gasteiger partial charge is 0.497 e. The van der Waals surface area contributed by atoms with Crippen LogP contribution in [0, 0.1) is 6.92 Å². The van der Waals surface area contributed by atoms with Crippen LogP contribution >= 0.6 is 15.9 Å². The SMILES string of the molecule is CCNc1nc(C)cc(Nc2cc(OC)ccc2Br)n1. The monoisotopic (exact) mass is 336 g/mol. The number of benzene rings is 1. The van der Waals surface area contributed by atoms with Gasteiger partial charge in [0.25, 0.3) is 0 Å². The fourth-order valence-electron chi connectivity index (χ4n) is 1.73. The maximum absolute atomic E-state index is 5.23. The summed E-state index contributed by atoms with van der Waals surface area (Å²) in [6, 6.07) is 7.63.